The molecule has 0 atom stereocenters. The van der Waals surface area contributed by atoms with E-state index in [1.807, 2.05) is 17.0 Å². The first kappa shape index (κ1) is 6.54. The lowest BCUT2D eigenvalue weighted by Crippen LogP contribution is -1.87. The summed E-state index contributed by atoms with van der Waals surface area (Å²) in [6.45, 7) is 0. The van der Waals surface area contributed by atoms with E-state index in [1.54, 1.807) is 23.9 Å². The minimum atomic E-state index is 0.963. The van der Waals surface area contributed by atoms with Crippen LogP contribution in [0, 0.1) is 6.20 Å². The molecule has 3 nitrogen and oxygen atoms in total. The van der Waals surface area contributed by atoms with E-state index in [0.29, 0.717) is 0 Å². The molecular weight excluding hydrogens is 158 g/mol. The van der Waals surface area contributed by atoms with Gasteiger partial charge in [0, 0.05) is 12.4 Å². The van der Waals surface area contributed by atoms with Gasteiger partial charge in [0.05, 0.1) is 18.2 Å². The molecule has 2 aromatic heterocycles. The van der Waals surface area contributed by atoms with E-state index in [4.69, 9.17) is 0 Å². The highest BCUT2D eigenvalue weighted by atomic mass is 32.1. The first-order chi connectivity index (χ1) is 5.38. The van der Waals surface area contributed by atoms with Crippen molar-refractivity contribution in [2.75, 3.05) is 0 Å². The Labute approximate surface area is 68.4 Å². The largest absolute Gasteiger partial charge is 0.332 e. The molecule has 0 bridgehead atoms. The number of nitrogens with zero attached hydrogens (tertiary/aromatic N) is 3. The highest BCUT2D eigenvalue weighted by Crippen LogP contribution is 2.19. The van der Waals surface area contributed by atoms with E-state index < -0.39 is 0 Å². The van der Waals surface area contributed by atoms with Crippen molar-refractivity contribution in [3.8, 4) is 10.7 Å². The zero-order valence-electron chi connectivity index (χ0n) is 5.98. The molecule has 2 heterocycles. The van der Waals surface area contributed by atoms with Crippen molar-refractivity contribution < 1.29 is 0 Å². The third-order valence-corrected chi connectivity index (χ3v) is 2.17. The topological polar surface area (TPSA) is 30.7 Å². The number of rotatable bonds is 1. The van der Waals surface area contributed by atoms with E-state index >= 15 is 0 Å². The van der Waals surface area contributed by atoms with Gasteiger partial charge in [0.2, 0.25) is 0 Å². The summed E-state index contributed by atoms with van der Waals surface area (Å²) >= 11 is 1.57. The Bertz CT molecular complexity index is 336. The van der Waals surface area contributed by atoms with Crippen LogP contribution in [0.1, 0.15) is 0 Å². The molecule has 0 aliphatic heterocycles. The molecule has 0 aromatic carbocycles. The second-order valence-electron chi connectivity index (χ2n) is 2.17. The number of imidazole rings is 1. The zero-order valence-corrected chi connectivity index (χ0v) is 6.80. The van der Waals surface area contributed by atoms with E-state index in [1.165, 1.54) is 0 Å². The molecular formula is C7H6N3S. The monoisotopic (exact) mass is 164 g/mol. The molecule has 2 rings (SSSR count). The van der Waals surface area contributed by atoms with Crippen LogP contribution in [0.5, 0.6) is 0 Å². The number of aryl methyl sites for hydroxylation is 1. The Morgan fingerprint density at radius 2 is 2.55 bits per heavy atom. The van der Waals surface area contributed by atoms with E-state index in [-0.39, 0.29) is 0 Å². The molecule has 0 N–H and O–H groups in total. The van der Waals surface area contributed by atoms with Crippen molar-refractivity contribution in [2.45, 2.75) is 0 Å². The summed E-state index contributed by atoms with van der Waals surface area (Å²) in [5.74, 6) is 0. The third-order valence-electron chi connectivity index (χ3n) is 1.43. The molecule has 0 saturated heterocycles. The minimum Gasteiger partial charge on any atom is -0.332 e. The fraction of sp³-hybridized carbons (Fsp3) is 0.143. The molecule has 1 radical (unpaired) electrons. The maximum Gasteiger partial charge on any atom is 0.142 e. The smallest absolute Gasteiger partial charge is 0.142 e. The summed E-state index contributed by atoms with van der Waals surface area (Å²) in [6, 6.07) is 0. The van der Waals surface area contributed by atoms with Crippen molar-refractivity contribution in [2.24, 2.45) is 7.05 Å². The molecule has 2 aromatic rings. The normalized spacial score (nSPS) is 10.3. The summed E-state index contributed by atoms with van der Waals surface area (Å²) in [6.07, 6.45) is 6.33. The predicted molar refractivity (Wildman–Crippen MR) is 43.2 cm³/mol. The van der Waals surface area contributed by atoms with Gasteiger partial charge in [-0.25, -0.2) is 9.97 Å². The first-order valence-corrected chi connectivity index (χ1v) is 4.04. The maximum atomic E-state index is 4.05. The first-order valence-electron chi connectivity index (χ1n) is 3.16. The third kappa shape index (κ3) is 1.05. The summed E-state index contributed by atoms with van der Waals surface area (Å²) in [5, 5.41) is 2.80. The maximum absolute atomic E-state index is 4.05. The standard InChI is InChI=1S/C7H6N3S/c1-10-5-8-4-6(10)7-9-2-3-11-7/h3-5H,1H3. The lowest BCUT2D eigenvalue weighted by atomic mass is 10.5. The van der Waals surface area contributed by atoms with Gasteiger partial charge in [0.15, 0.2) is 0 Å². The van der Waals surface area contributed by atoms with Crippen molar-refractivity contribution in [1.82, 2.24) is 14.5 Å². The molecule has 0 saturated carbocycles. The molecule has 0 aliphatic carbocycles. The van der Waals surface area contributed by atoms with Gasteiger partial charge in [-0.2, -0.15) is 0 Å². The molecule has 4 heteroatoms. The van der Waals surface area contributed by atoms with Crippen molar-refractivity contribution in [1.29, 1.82) is 0 Å². The Balaban J connectivity index is 2.53. The molecule has 55 valence electrons. The van der Waals surface area contributed by atoms with E-state index in [9.17, 15) is 0 Å². The summed E-state index contributed by atoms with van der Waals surface area (Å²) in [7, 11) is 1.95. The van der Waals surface area contributed by atoms with Crippen LogP contribution in [0.4, 0.5) is 0 Å². The summed E-state index contributed by atoms with van der Waals surface area (Å²) in [4.78, 5) is 8.05. The number of hydrogen-bond acceptors (Lipinski definition) is 3. The fourth-order valence-corrected chi connectivity index (χ4v) is 1.51. The van der Waals surface area contributed by atoms with Gasteiger partial charge in [0.1, 0.15) is 11.2 Å². The molecule has 0 spiro atoms. The average Bonchev–Trinajstić information content (AvgIpc) is 2.55. The lowest BCUT2D eigenvalue weighted by Gasteiger charge is -1.94. The molecule has 0 unspecified atom stereocenters. The van der Waals surface area contributed by atoms with Crippen LogP contribution >= 0.6 is 11.3 Å². The Kier molecular flexibility index (Phi) is 1.47. The minimum absolute atomic E-state index is 0.963. The number of thiazole rings is 1. The lowest BCUT2D eigenvalue weighted by molar-refractivity contribution is 0.920. The second kappa shape index (κ2) is 2.47. The Hall–Kier alpha value is -1.16. The van der Waals surface area contributed by atoms with E-state index in [0.717, 1.165) is 10.7 Å². The summed E-state index contributed by atoms with van der Waals surface area (Å²) < 4.78 is 1.94. The van der Waals surface area contributed by atoms with Gasteiger partial charge in [-0.15, -0.1) is 11.3 Å². The summed E-state index contributed by atoms with van der Waals surface area (Å²) in [5.41, 5.74) is 1.04. The molecule has 11 heavy (non-hydrogen) atoms. The van der Waals surface area contributed by atoms with Gasteiger partial charge in [-0.3, -0.25) is 0 Å². The average molecular weight is 164 g/mol. The second-order valence-corrected chi connectivity index (χ2v) is 3.03. The van der Waals surface area contributed by atoms with Crippen LogP contribution < -0.4 is 0 Å². The molecule has 0 amide bonds. The van der Waals surface area contributed by atoms with Crippen molar-refractivity contribution >= 4 is 11.3 Å². The van der Waals surface area contributed by atoms with Crippen LogP contribution in [0.2, 0.25) is 0 Å². The van der Waals surface area contributed by atoms with Crippen LogP contribution in [0.15, 0.2) is 17.9 Å². The quantitative estimate of drug-likeness (QED) is 0.636. The van der Waals surface area contributed by atoms with Crippen molar-refractivity contribution in [3.63, 3.8) is 0 Å². The molecule has 0 fully saturated rings. The van der Waals surface area contributed by atoms with Gasteiger partial charge in [-0.1, -0.05) is 0 Å². The number of aromatic nitrogens is 3. The Morgan fingerprint density at radius 1 is 1.64 bits per heavy atom. The van der Waals surface area contributed by atoms with Gasteiger partial charge in [0.25, 0.3) is 0 Å². The predicted octanol–water partition coefficient (Wildman–Crippen LogP) is 1.34. The zero-order chi connectivity index (χ0) is 7.68. The SMILES string of the molecule is Cn1cncc1-c1n[c]cs1. The van der Waals surface area contributed by atoms with E-state index in [2.05, 4.69) is 16.2 Å². The highest BCUT2D eigenvalue weighted by Gasteiger charge is 2.02. The van der Waals surface area contributed by atoms with Crippen LogP contribution in [0.3, 0.4) is 0 Å². The van der Waals surface area contributed by atoms with Crippen LogP contribution in [-0.4, -0.2) is 14.5 Å². The van der Waals surface area contributed by atoms with Crippen LogP contribution in [0.25, 0.3) is 10.7 Å². The highest BCUT2D eigenvalue weighted by molar-refractivity contribution is 7.13. The van der Waals surface area contributed by atoms with Crippen molar-refractivity contribution in [3.05, 3.63) is 24.1 Å². The van der Waals surface area contributed by atoms with Crippen LogP contribution in [-0.2, 0) is 7.05 Å². The van der Waals surface area contributed by atoms with Gasteiger partial charge in [-0.05, 0) is 0 Å². The number of hydrogen-bond donors (Lipinski definition) is 0. The fourth-order valence-electron chi connectivity index (χ4n) is 0.874. The molecule has 0 aliphatic rings. The van der Waals surface area contributed by atoms with Gasteiger partial charge < -0.3 is 4.57 Å². The van der Waals surface area contributed by atoms with Gasteiger partial charge >= 0.3 is 0 Å². The Morgan fingerprint density at radius 3 is 3.09 bits per heavy atom.